The van der Waals surface area contributed by atoms with Crippen molar-refractivity contribution in [3.8, 4) is 17.6 Å². The van der Waals surface area contributed by atoms with Crippen LogP contribution in [0.25, 0.3) is 0 Å². The van der Waals surface area contributed by atoms with E-state index in [1.54, 1.807) is 0 Å². The van der Waals surface area contributed by atoms with Crippen LogP contribution in [0.1, 0.15) is 46.7 Å². The molecule has 2 heterocycles. The number of nitrogens with zero attached hydrogens (tertiary/aromatic N) is 2. The molecule has 0 saturated carbocycles. The van der Waals surface area contributed by atoms with Gasteiger partial charge in [0.25, 0.3) is 5.56 Å². The second-order valence-electron chi connectivity index (χ2n) is 8.68. The van der Waals surface area contributed by atoms with E-state index in [9.17, 15) is 15.0 Å². The highest BCUT2D eigenvalue weighted by Crippen LogP contribution is 2.23. The third kappa shape index (κ3) is 5.72. The van der Waals surface area contributed by atoms with E-state index >= 15 is 0 Å². The number of nitrogens with two attached hydrogens (primary N) is 1. The standard InChI is InChI=1S/C27H30N4O3/c28-15-24-2-1-13-31(24)16-21-7-5-19(6-8-21)3-4-20-9-11-22(12-10-20)23(17-32)14-25-26(33)27(34)30-18-29-25/h5-12,18,23-24,32-33H,1-2,13-17,28H2,(H,29,30,34)/t23?,24-/m0/s1. The Balaban J connectivity index is 1.39. The molecule has 7 nitrogen and oxygen atoms in total. The fourth-order valence-corrected chi connectivity index (χ4v) is 4.38. The van der Waals surface area contributed by atoms with Gasteiger partial charge in [-0.3, -0.25) is 9.69 Å². The van der Waals surface area contributed by atoms with Gasteiger partial charge in [0.15, 0.2) is 0 Å². The van der Waals surface area contributed by atoms with Crippen LogP contribution in [0.4, 0.5) is 0 Å². The van der Waals surface area contributed by atoms with Crippen molar-refractivity contribution in [2.24, 2.45) is 5.73 Å². The predicted molar refractivity (Wildman–Crippen MR) is 131 cm³/mol. The van der Waals surface area contributed by atoms with Crippen LogP contribution in [0.5, 0.6) is 5.75 Å². The van der Waals surface area contributed by atoms with Crippen molar-refractivity contribution >= 4 is 0 Å². The fourth-order valence-electron chi connectivity index (χ4n) is 4.38. The molecule has 1 saturated heterocycles. The van der Waals surface area contributed by atoms with E-state index in [-0.39, 0.29) is 24.6 Å². The van der Waals surface area contributed by atoms with Crippen LogP contribution in [0.15, 0.2) is 59.7 Å². The number of hydrogen-bond donors (Lipinski definition) is 4. The quantitative estimate of drug-likeness (QED) is 0.403. The molecule has 3 aromatic rings. The highest BCUT2D eigenvalue weighted by Gasteiger charge is 2.22. The molecule has 1 unspecified atom stereocenters. The lowest BCUT2D eigenvalue weighted by atomic mass is 9.94. The maximum absolute atomic E-state index is 11.6. The minimum Gasteiger partial charge on any atom is -0.502 e. The summed E-state index contributed by atoms with van der Waals surface area (Å²) in [4.78, 5) is 20.4. The molecule has 2 aromatic carbocycles. The Morgan fingerprint density at radius 1 is 1.12 bits per heavy atom. The number of H-pyrrole nitrogens is 1. The lowest BCUT2D eigenvalue weighted by Gasteiger charge is -2.23. The highest BCUT2D eigenvalue weighted by molar-refractivity contribution is 5.44. The molecule has 1 fully saturated rings. The van der Waals surface area contributed by atoms with E-state index in [0.717, 1.165) is 29.8 Å². The molecule has 5 N–H and O–H groups in total. The van der Waals surface area contributed by atoms with E-state index in [1.165, 1.54) is 24.7 Å². The van der Waals surface area contributed by atoms with E-state index in [0.29, 0.717) is 12.6 Å². The van der Waals surface area contributed by atoms with Crippen molar-refractivity contribution in [1.29, 1.82) is 0 Å². The molecular formula is C27H30N4O3. The second-order valence-corrected chi connectivity index (χ2v) is 8.68. The molecule has 0 spiro atoms. The monoisotopic (exact) mass is 458 g/mol. The minimum atomic E-state index is -0.587. The molecule has 1 aliphatic heterocycles. The third-order valence-corrected chi connectivity index (χ3v) is 6.41. The second kappa shape index (κ2) is 11.1. The van der Waals surface area contributed by atoms with Gasteiger partial charge in [0, 0.05) is 42.6 Å². The summed E-state index contributed by atoms with van der Waals surface area (Å²) in [6.45, 7) is 2.62. The van der Waals surface area contributed by atoms with Gasteiger partial charge in [-0.1, -0.05) is 36.1 Å². The smallest absolute Gasteiger partial charge is 0.293 e. The zero-order valence-corrected chi connectivity index (χ0v) is 19.1. The molecule has 0 bridgehead atoms. The summed E-state index contributed by atoms with van der Waals surface area (Å²) in [6.07, 6.45) is 3.91. The van der Waals surface area contributed by atoms with Gasteiger partial charge in [-0.05, 0) is 54.8 Å². The molecule has 0 aliphatic carbocycles. The van der Waals surface area contributed by atoms with Crippen molar-refractivity contribution in [1.82, 2.24) is 14.9 Å². The Morgan fingerprint density at radius 3 is 2.44 bits per heavy atom. The number of aliphatic hydroxyl groups is 1. The average molecular weight is 459 g/mol. The largest absolute Gasteiger partial charge is 0.502 e. The van der Waals surface area contributed by atoms with Crippen molar-refractivity contribution in [3.05, 3.63) is 93.2 Å². The van der Waals surface area contributed by atoms with Crippen LogP contribution in [0, 0.1) is 11.8 Å². The summed E-state index contributed by atoms with van der Waals surface area (Å²) in [7, 11) is 0. The number of aliphatic hydroxyl groups excluding tert-OH is 1. The summed E-state index contributed by atoms with van der Waals surface area (Å²) in [5, 5.41) is 19.7. The maximum Gasteiger partial charge on any atom is 0.293 e. The van der Waals surface area contributed by atoms with Crippen LogP contribution in [0.3, 0.4) is 0 Å². The van der Waals surface area contributed by atoms with Crippen LogP contribution in [0.2, 0.25) is 0 Å². The zero-order chi connectivity index (χ0) is 23.9. The van der Waals surface area contributed by atoms with Crippen molar-refractivity contribution in [3.63, 3.8) is 0 Å². The molecule has 0 amide bonds. The number of aromatic amines is 1. The summed E-state index contributed by atoms with van der Waals surface area (Å²) >= 11 is 0. The summed E-state index contributed by atoms with van der Waals surface area (Å²) < 4.78 is 0. The Morgan fingerprint density at radius 2 is 1.79 bits per heavy atom. The lowest BCUT2D eigenvalue weighted by molar-refractivity contribution is 0.250. The van der Waals surface area contributed by atoms with Crippen molar-refractivity contribution in [2.45, 2.75) is 37.8 Å². The zero-order valence-electron chi connectivity index (χ0n) is 19.1. The highest BCUT2D eigenvalue weighted by atomic mass is 16.3. The Hall–Kier alpha value is -3.44. The third-order valence-electron chi connectivity index (χ3n) is 6.41. The van der Waals surface area contributed by atoms with E-state index in [2.05, 4.69) is 38.8 Å². The van der Waals surface area contributed by atoms with Gasteiger partial charge in [-0.2, -0.15) is 0 Å². The molecule has 4 rings (SSSR count). The molecule has 2 atom stereocenters. The Kier molecular flexibility index (Phi) is 7.76. The summed E-state index contributed by atoms with van der Waals surface area (Å²) in [5.41, 5.74) is 9.53. The van der Waals surface area contributed by atoms with Gasteiger partial charge in [-0.15, -0.1) is 0 Å². The molecule has 1 aromatic heterocycles. The fraction of sp³-hybridized carbons (Fsp3) is 0.333. The SMILES string of the molecule is NC[C@@H]1CCCN1Cc1ccc(C#Cc2ccc(C(CO)Cc3nc[nH]c(=O)c3O)cc2)cc1. The van der Waals surface area contributed by atoms with Crippen molar-refractivity contribution < 1.29 is 10.2 Å². The Labute approximate surface area is 199 Å². The number of aromatic nitrogens is 2. The number of aromatic hydroxyl groups is 1. The average Bonchev–Trinajstić information content (AvgIpc) is 3.32. The minimum absolute atomic E-state index is 0.130. The topological polar surface area (TPSA) is 115 Å². The maximum atomic E-state index is 11.6. The van der Waals surface area contributed by atoms with Crippen molar-refractivity contribution in [2.75, 3.05) is 19.7 Å². The first-order valence-corrected chi connectivity index (χ1v) is 11.6. The first kappa shape index (κ1) is 23.7. The van der Waals surface area contributed by atoms with Gasteiger partial charge in [0.1, 0.15) is 0 Å². The summed E-state index contributed by atoms with van der Waals surface area (Å²) in [6, 6.07) is 16.5. The van der Waals surface area contributed by atoms with Crippen LogP contribution in [-0.4, -0.2) is 50.8 Å². The lowest BCUT2D eigenvalue weighted by Crippen LogP contribution is -2.34. The number of nitrogens with one attached hydrogen (secondary N) is 1. The number of benzene rings is 2. The van der Waals surface area contributed by atoms with Gasteiger partial charge in [0.2, 0.25) is 5.75 Å². The van der Waals surface area contributed by atoms with Crippen LogP contribution in [-0.2, 0) is 13.0 Å². The van der Waals surface area contributed by atoms with Gasteiger partial charge >= 0.3 is 0 Å². The number of likely N-dealkylation sites (tertiary alicyclic amines) is 1. The first-order valence-electron chi connectivity index (χ1n) is 11.6. The molecule has 176 valence electrons. The van der Waals surface area contributed by atoms with Crippen LogP contribution < -0.4 is 11.3 Å². The molecular weight excluding hydrogens is 428 g/mol. The molecule has 34 heavy (non-hydrogen) atoms. The molecule has 7 heteroatoms. The Bertz CT molecular complexity index is 1210. The first-order chi connectivity index (χ1) is 16.6. The summed E-state index contributed by atoms with van der Waals surface area (Å²) in [5.74, 6) is 5.69. The number of rotatable bonds is 7. The molecule has 1 aliphatic rings. The molecule has 0 radical (unpaired) electrons. The van der Waals surface area contributed by atoms with Gasteiger partial charge < -0.3 is 20.9 Å². The van der Waals surface area contributed by atoms with Gasteiger partial charge in [-0.25, -0.2) is 4.98 Å². The van der Waals surface area contributed by atoms with E-state index in [1.807, 2.05) is 36.4 Å². The van der Waals surface area contributed by atoms with E-state index < -0.39 is 11.3 Å². The predicted octanol–water partition coefficient (Wildman–Crippen LogP) is 2.12. The van der Waals surface area contributed by atoms with E-state index in [4.69, 9.17) is 5.73 Å². The van der Waals surface area contributed by atoms with Crippen LogP contribution >= 0.6 is 0 Å². The normalized spacial score (nSPS) is 16.7. The number of hydrogen-bond acceptors (Lipinski definition) is 6. The van der Waals surface area contributed by atoms with Gasteiger partial charge in [0.05, 0.1) is 18.6 Å².